The molecule has 0 saturated carbocycles. The van der Waals surface area contributed by atoms with Gasteiger partial charge in [-0.1, -0.05) is 13.0 Å². The van der Waals surface area contributed by atoms with Gasteiger partial charge in [0.1, 0.15) is 6.04 Å². The van der Waals surface area contributed by atoms with Crippen LogP contribution in [-0.2, 0) is 4.79 Å². The Morgan fingerprint density at radius 1 is 1.53 bits per heavy atom. The summed E-state index contributed by atoms with van der Waals surface area (Å²) in [6, 6.07) is 3.02. The maximum atomic E-state index is 13.2. The summed E-state index contributed by atoms with van der Waals surface area (Å²) in [4.78, 5) is 10.9. The highest BCUT2D eigenvalue weighted by Gasteiger charge is 2.15. The predicted molar refractivity (Wildman–Crippen MR) is 53.3 cm³/mol. The maximum Gasteiger partial charge on any atom is 0.239 e. The highest BCUT2D eigenvalue weighted by atomic mass is 19.2. The van der Waals surface area contributed by atoms with Crippen molar-refractivity contribution in [2.24, 2.45) is 5.73 Å². The Kier molecular flexibility index (Phi) is 3.60. The first-order chi connectivity index (χ1) is 7.06. The molecule has 0 bridgehead atoms. The van der Waals surface area contributed by atoms with Crippen LogP contribution in [0.3, 0.4) is 0 Å². The number of carbonyl (C=O) groups is 1. The van der Waals surface area contributed by atoms with Crippen LogP contribution in [0.1, 0.15) is 13.3 Å². The summed E-state index contributed by atoms with van der Waals surface area (Å²) < 4.78 is 26.0. The number of nitrogens with one attached hydrogen (secondary N) is 1. The molecule has 0 aliphatic carbocycles. The van der Waals surface area contributed by atoms with Crippen LogP contribution in [0.2, 0.25) is 0 Å². The molecule has 3 nitrogen and oxygen atoms in total. The van der Waals surface area contributed by atoms with E-state index in [0.29, 0.717) is 6.42 Å². The molecule has 1 rings (SSSR count). The summed E-state index contributed by atoms with van der Waals surface area (Å²) in [5.74, 6) is -2.56. The van der Waals surface area contributed by atoms with Gasteiger partial charge in [-0.2, -0.15) is 0 Å². The highest BCUT2D eigenvalue weighted by Crippen LogP contribution is 2.17. The van der Waals surface area contributed by atoms with Crippen LogP contribution < -0.4 is 11.1 Å². The Labute approximate surface area is 86.3 Å². The fourth-order valence-corrected chi connectivity index (χ4v) is 1.18. The fourth-order valence-electron chi connectivity index (χ4n) is 1.18. The zero-order valence-electron chi connectivity index (χ0n) is 8.26. The largest absolute Gasteiger partial charge is 0.371 e. The van der Waals surface area contributed by atoms with E-state index in [1.165, 1.54) is 12.1 Å². The van der Waals surface area contributed by atoms with E-state index < -0.39 is 23.6 Å². The van der Waals surface area contributed by atoms with Crippen molar-refractivity contribution in [2.75, 3.05) is 5.32 Å². The molecule has 1 amide bonds. The molecule has 0 heterocycles. The minimum atomic E-state index is -1.00. The molecule has 3 N–H and O–H groups in total. The van der Waals surface area contributed by atoms with Gasteiger partial charge in [-0.05, 0) is 18.6 Å². The first kappa shape index (κ1) is 11.4. The Morgan fingerprint density at radius 3 is 2.73 bits per heavy atom. The van der Waals surface area contributed by atoms with Crippen LogP contribution >= 0.6 is 0 Å². The van der Waals surface area contributed by atoms with Crippen molar-refractivity contribution < 1.29 is 13.6 Å². The standard InChI is InChI=1S/C10H12F2N2O/c1-2-7(10(13)15)14-8-5-3-4-6(11)9(8)12/h3-5,7,14H,2H2,1H3,(H2,13,15). The van der Waals surface area contributed by atoms with Crippen LogP contribution in [0.15, 0.2) is 18.2 Å². The van der Waals surface area contributed by atoms with E-state index in [9.17, 15) is 13.6 Å². The van der Waals surface area contributed by atoms with E-state index in [4.69, 9.17) is 5.73 Å². The summed E-state index contributed by atoms with van der Waals surface area (Å²) in [5, 5.41) is 2.55. The normalized spacial score (nSPS) is 12.2. The van der Waals surface area contributed by atoms with Crippen molar-refractivity contribution in [2.45, 2.75) is 19.4 Å². The Morgan fingerprint density at radius 2 is 2.20 bits per heavy atom. The first-order valence-corrected chi connectivity index (χ1v) is 4.56. The molecule has 1 aromatic carbocycles. The second-order valence-electron chi connectivity index (χ2n) is 3.11. The zero-order chi connectivity index (χ0) is 11.4. The van der Waals surface area contributed by atoms with Gasteiger partial charge in [-0.3, -0.25) is 4.79 Å². The SMILES string of the molecule is CCC(Nc1cccc(F)c1F)C(N)=O. The van der Waals surface area contributed by atoms with Gasteiger partial charge in [-0.15, -0.1) is 0 Å². The van der Waals surface area contributed by atoms with Gasteiger partial charge in [0.15, 0.2) is 11.6 Å². The number of nitrogens with two attached hydrogens (primary N) is 1. The number of carbonyl (C=O) groups excluding carboxylic acids is 1. The molecule has 5 heteroatoms. The molecule has 0 aliphatic heterocycles. The van der Waals surface area contributed by atoms with Gasteiger partial charge in [0, 0.05) is 0 Å². The maximum absolute atomic E-state index is 13.2. The van der Waals surface area contributed by atoms with E-state index in [-0.39, 0.29) is 5.69 Å². The number of halogens is 2. The smallest absolute Gasteiger partial charge is 0.239 e. The van der Waals surface area contributed by atoms with Gasteiger partial charge < -0.3 is 11.1 Å². The highest BCUT2D eigenvalue weighted by molar-refractivity contribution is 5.82. The van der Waals surface area contributed by atoms with Crippen molar-refractivity contribution in [1.29, 1.82) is 0 Å². The number of rotatable bonds is 4. The lowest BCUT2D eigenvalue weighted by molar-refractivity contribution is -0.118. The van der Waals surface area contributed by atoms with Crippen molar-refractivity contribution in [3.63, 3.8) is 0 Å². The molecule has 82 valence electrons. The Balaban J connectivity index is 2.88. The second-order valence-corrected chi connectivity index (χ2v) is 3.11. The number of anilines is 1. The molecule has 1 unspecified atom stereocenters. The molecular formula is C10H12F2N2O. The third-order valence-electron chi connectivity index (χ3n) is 2.03. The van der Waals surface area contributed by atoms with Crippen LogP contribution in [0.25, 0.3) is 0 Å². The van der Waals surface area contributed by atoms with Crippen molar-refractivity contribution >= 4 is 11.6 Å². The number of benzene rings is 1. The van der Waals surface area contributed by atoms with Gasteiger partial charge in [0.25, 0.3) is 0 Å². The second kappa shape index (κ2) is 4.72. The van der Waals surface area contributed by atoms with Gasteiger partial charge in [0.2, 0.25) is 5.91 Å². The van der Waals surface area contributed by atoms with Crippen LogP contribution in [-0.4, -0.2) is 11.9 Å². The molecule has 0 spiro atoms. The van der Waals surface area contributed by atoms with E-state index in [0.717, 1.165) is 6.07 Å². The first-order valence-electron chi connectivity index (χ1n) is 4.56. The van der Waals surface area contributed by atoms with Crippen LogP contribution in [0.4, 0.5) is 14.5 Å². The summed E-state index contributed by atoms with van der Waals surface area (Å²) >= 11 is 0. The van der Waals surface area contributed by atoms with Crippen LogP contribution in [0.5, 0.6) is 0 Å². The molecule has 0 saturated heterocycles. The van der Waals surface area contributed by atoms with Gasteiger partial charge in [-0.25, -0.2) is 8.78 Å². The third-order valence-corrected chi connectivity index (χ3v) is 2.03. The summed E-state index contributed by atoms with van der Waals surface area (Å²) in [6.07, 6.45) is 0.408. The number of hydrogen-bond donors (Lipinski definition) is 2. The topological polar surface area (TPSA) is 55.1 Å². The lowest BCUT2D eigenvalue weighted by Crippen LogP contribution is -2.35. The molecule has 0 aliphatic rings. The molecule has 0 fully saturated rings. The van der Waals surface area contributed by atoms with Crippen LogP contribution in [0, 0.1) is 11.6 Å². The minimum Gasteiger partial charge on any atom is -0.371 e. The average Bonchev–Trinajstić information content (AvgIpc) is 2.19. The molecule has 1 atom stereocenters. The van der Waals surface area contributed by atoms with E-state index in [2.05, 4.69) is 5.32 Å². The fraction of sp³-hybridized carbons (Fsp3) is 0.300. The predicted octanol–water partition coefficient (Wildman–Crippen LogP) is 1.64. The van der Waals surface area contributed by atoms with Gasteiger partial charge >= 0.3 is 0 Å². The molecule has 0 aromatic heterocycles. The molecular weight excluding hydrogens is 202 g/mol. The minimum absolute atomic E-state index is 0.0550. The van der Waals surface area contributed by atoms with Crippen molar-refractivity contribution in [3.8, 4) is 0 Å². The average molecular weight is 214 g/mol. The molecule has 1 aromatic rings. The zero-order valence-corrected chi connectivity index (χ0v) is 8.26. The Bertz CT molecular complexity index is 368. The summed E-state index contributed by atoms with van der Waals surface area (Å²) in [7, 11) is 0. The lowest BCUT2D eigenvalue weighted by Gasteiger charge is -2.15. The quantitative estimate of drug-likeness (QED) is 0.800. The number of amides is 1. The summed E-state index contributed by atoms with van der Waals surface area (Å²) in [6.45, 7) is 1.72. The summed E-state index contributed by atoms with van der Waals surface area (Å²) in [5.41, 5.74) is 5.01. The lowest BCUT2D eigenvalue weighted by atomic mass is 10.2. The number of hydrogen-bond acceptors (Lipinski definition) is 2. The van der Waals surface area contributed by atoms with Crippen molar-refractivity contribution in [3.05, 3.63) is 29.8 Å². The molecule has 15 heavy (non-hydrogen) atoms. The van der Waals surface area contributed by atoms with E-state index in [1.807, 2.05) is 0 Å². The third kappa shape index (κ3) is 2.65. The Hall–Kier alpha value is -1.65. The molecule has 0 radical (unpaired) electrons. The monoisotopic (exact) mass is 214 g/mol. The van der Waals surface area contributed by atoms with Gasteiger partial charge in [0.05, 0.1) is 5.69 Å². The van der Waals surface area contributed by atoms with E-state index >= 15 is 0 Å². The number of primary amides is 1. The van der Waals surface area contributed by atoms with Crippen molar-refractivity contribution in [1.82, 2.24) is 0 Å². The van der Waals surface area contributed by atoms with E-state index in [1.54, 1.807) is 6.92 Å².